The van der Waals surface area contributed by atoms with E-state index in [2.05, 4.69) is 0 Å². The SMILES string of the molecule is COc1ccc(N(C)CC(N)CN)cc1OC. The highest BCUT2D eigenvalue weighted by molar-refractivity contribution is 5.56. The second-order valence-electron chi connectivity index (χ2n) is 3.92. The van der Waals surface area contributed by atoms with Crippen LogP contribution < -0.4 is 25.8 Å². The molecule has 1 atom stereocenters. The Bertz CT molecular complexity index is 358. The molecule has 1 rings (SSSR count). The monoisotopic (exact) mass is 239 g/mol. The van der Waals surface area contributed by atoms with Crippen LogP contribution in [0.1, 0.15) is 0 Å². The van der Waals surface area contributed by atoms with Gasteiger partial charge in [0.1, 0.15) is 0 Å². The van der Waals surface area contributed by atoms with Crippen LogP contribution in [0.25, 0.3) is 0 Å². The molecule has 0 aromatic heterocycles. The number of hydrogen-bond acceptors (Lipinski definition) is 5. The molecule has 1 aromatic carbocycles. The van der Waals surface area contributed by atoms with E-state index in [1.807, 2.05) is 30.1 Å². The molecular formula is C12H21N3O2. The molecule has 0 heterocycles. The summed E-state index contributed by atoms with van der Waals surface area (Å²) in [5.41, 5.74) is 12.3. The maximum atomic E-state index is 5.82. The third-order valence-corrected chi connectivity index (χ3v) is 2.62. The third-order valence-electron chi connectivity index (χ3n) is 2.62. The number of ether oxygens (including phenoxy) is 2. The van der Waals surface area contributed by atoms with E-state index in [-0.39, 0.29) is 6.04 Å². The van der Waals surface area contributed by atoms with Crippen molar-refractivity contribution < 1.29 is 9.47 Å². The van der Waals surface area contributed by atoms with Crippen molar-refractivity contribution in [1.29, 1.82) is 0 Å². The van der Waals surface area contributed by atoms with Crippen molar-refractivity contribution in [1.82, 2.24) is 0 Å². The number of nitrogens with zero attached hydrogens (tertiary/aromatic N) is 1. The zero-order valence-electron chi connectivity index (χ0n) is 10.6. The fourth-order valence-corrected chi connectivity index (χ4v) is 1.59. The van der Waals surface area contributed by atoms with Crippen LogP contribution in [0, 0.1) is 0 Å². The van der Waals surface area contributed by atoms with Crippen molar-refractivity contribution in [3.8, 4) is 11.5 Å². The van der Waals surface area contributed by atoms with Crippen LogP contribution in [-0.4, -0.2) is 40.4 Å². The Labute approximate surface area is 102 Å². The van der Waals surface area contributed by atoms with Gasteiger partial charge in [-0.25, -0.2) is 0 Å². The average Bonchev–Trinajstić information content (AvgIpc) is 2.37. The predicted molar refractivity (Wildman–Crippen MR) is 69.8 cm³/mol. The number of hydrogen-bond donors (Lipinski definition) is 2. The molecule has 0 radical (unpaired) electrons. The molecule has 4 N–H and O–H groups in total. The van der Waals surface area contributed by atoms with Crippen molar-refractivity contribution >= 4 is 5.69 Å². The van der Waals surface area contributed by atoms with Gasteiger partial charge in [0.2, 0.25) is 0 Å². The lowest BCUT2D eigenvalue weighted by atomic mass is 10.2. The van der Waals surface area contributed by atoms with E-state index in [1.165, 1.54) is 0 Å². The number of anilines is 1. The highest BCUT2D eigenvalue weighted by atomic mass is 16.5. The Kier molecular flexibility index (Phi) is 5.06. The van der Waals surface area contributed by atoms with E-state index in [4.69, 9.17) is 20.9 Å². The van der Waals surface area contributed by atoms with E-state index < -0.39 is 0 Å². The van der Waals surface area contributed by atoms with E-state index in [9.17, 15) is 0 Å². The molecule has 0 aliphatic heterocycles. The van der Waals surface area contributed by atoms with Gasteiger partial charge >= 0.3 is 0 Å². The van der Waals surface area contributed by atoms with Crippen LogP contribution >= 0.6 is 0 Å². The van der Waals surface area contributed by atoms with Crippen LogP contribution in [0.15, 0.2) is 18.2 Å². The largest absolute Gasteiger partial charge is 0.493 e. The first-order chi connectivity index (χ1) is 8.12. The number of methoxy groups -OCH3 is 2. The summed E-state index contributed by atoms with van der Waals surface area (Å²) >= 11 is 0. The summed E-state index contributed by atoms with van der Waals surface area (Å²) in [6, 6.07) is 5.72. The summed E-state index contributed by atoms with van der Waals surface area (Å²) in [5, 5.41) is 0. The first kappa shape index (κ1) is 13.6. The molecule has 5 heteroatoms. The first-order valence-corrected chi connectivity index (χ1v) is 5.51. The zero-order valence-corrected chi connectivity index (χ0v) is 10.6. The maximum Gasteiger partial charge on any atom is 0.162 e. The first-order valence-electron chi connectivity index (χ1n) is 5.51. The van der Waals surface area contributed by atoms with Gasteiger partial charge in [0.25, 0.3) is 0 Å². The Morgan fingerprint density at radius 2 is 1.88 bits per heavy atom. The average molecular weight is 239 g/mol. The van der Waals surface area contributed by atoms with Crippen molar-refractivity contribution in [2.24, 2.45) is 11.5 Å². The molecule has 5 nitrogen and oxygen atoms in total. The Morgan fingerprint density at radius 3 is 2.41 bits per heavy atom. The van der Waals surface area contributed by atoms with E-state index in [1.54, 1.807) is 14.2 Å². The topological polar surface area (TPSA) is 73.7 Å². The lowest BCUT2D eigenvalue weighted by Crippen LogP contribution is -2.40. The fraction of sp³-hybridized carbons (Fsp3) is 0.500. The minimum atomic E-state index is -0.0342. The molecule has 0 bridgehead atoms. The standard InChI is InChI=1S/C12H21N3O2/c1-15(8-9(14)7-13)10-4-5-11(16-2)12(6-10)17-3/h4-6,9H,7-8,13-14H2,1-3H3. The van der Waals surface area contributed by atoms with Gasteiger partial charge in [0.15, 0.2) is 11.5 Å². The molecule has 0 fully saturated rings. The molecule has 0 saturated carbocycles. The number of likely N-dealkylation sites (N-methyl/N-ethyl adjacent to an activating group) is 1. The molecule has 96 valence electrons. The fourth-order valence-electron chi connectivity index (χ4n) is 1.59. The molecule has 0 aliphatic carbocycles. The van der Waals surface area contributed by atoms with Gasteiger partial charge in [-0.1, -0.05) is 0 Å². The summed E-state index contributed by atoms with van der Waals surface area (Å²) in [5.74, 6) is 1.42. The van der Waals surface area contributed by atoms with Gasteiger partial charge < -0.3 is 25.8 Å². The Balaban J connectivity index is 2.84. The quantitative estimate of drug-likeness (QED) is 0.753. The van der Waals surface area contributed by atoms with Crippen molar-refractivity contribution in [2.75, 3.05) is 39.3 Å². The Morgan fingerprint density at radius 1 is 1.24 bits per heavy atom. The molecule has 0 saturated heterocycles. The Hall–Kier alpha value is -1.46. The van der Waals surface area contributed by atoms with Crippen LogP contribution in [0.4, 0.5) is 5.69 Å². The van der Waals surface area contributed by atoms with Crippen LogP contribution in [0.5, 0.6) is 11.5 Å². The van der Waals surface area contributed by atoms with Crippen molar-refractivity contribution in [3.05, 3.63) is 18.2 Å². The van der Waals surface area contributed by atoms with E-state index in [0.29, 0.717) is 24.6 Å². The van der Waals surface area contributed by atoms with Gasteiger partial charge in [-0.05, 0) is 12.1 Å². The highest BCUT2D eigenvalue weighted by Crippen LogP contribution is 2.30. The lowest BCUT2D eigenvalue weighted by Gasteiger charge is -2.23. The minimum Gasteiger partial charge on any atom is -0.493 e. The molecule has 17 heavy (non-hydrogen) atoms. The second kappa shape index (κ2) is 6.32. The minimum absolute atomic E-state index is 0.0342. The molecule has 1 unspecified atom stereocenters. The lowest BCUT2D eigenvalue weighted by molar-refractivity contribution is 0.355. The van der Waals surface area contributed by atoms with Crippen molar-refractivity contribution in [3.63, 3.8) is 0 Å². The number of benzene rings is 1. The summed E-state index contributed by atoms with van der Waals surface area (Å²) in [6.07, 6.45) is 0. The van der Waals surface area contributed by atoms with Gasteiger partial charge in [-0.3, -0.25) is 0 Å². The van der Waals surface area contributed by atoms with Gasteiger partial charge in [-0.15, -0.1) is 0 Å². The highest BCUT2D eigenvalue weighted by Gasteiger charge is 2.09. The summed E-state index contributed by atoms with van der Waals surface area (Å²) < 4.78 is 10.4. The molecule has 0 spiro atoms. The number of nitrogens with two attached hydrogens (primary N) is 2. The third kappa shape index (κ3) is 3.51. The van der Waals surface area contributed by atoms with Crippen molar-refractivity contribution in [2.45, 2.75) is 6.04 Å². The summed E-state index contributed by atoms with van der Waals surface area (Å²) in [7, 11) is 5.20. The molecular weight excluding hydrogens is 218 g/mol. The zero-order chi connectivity index (χ0) is 12.8. The summed E-state index contributed by atoms with van der Waals surface area (Å²) in [6.45, 7) is 1.17. The van der Waals surface area contributed by atoms with Gasteiger partial charge in [0, 0.05) is 37.9 Å². The van der Waals surface area contributed by atoms with Crippen LogP contribution in [-0.2, 0) is 0 Å². The summed E-state index contributed by atoms with van der Waals surface area (Å²) in [4.78, 5) is 2.04. The van der Waals surface area contributed by atoms with Gasteiger partial charge in [0.05, 0.1) is 14.2 Å². The predicted octanol–water partition coefficient (Wildman–Crippen LogP) is 0.426. The van der Waals surface area contributed by atoms with E-state index in [0.717, 1.165) is 5.69 Å². The van der Waals surface area contributed by atoms with Gasteiger partial charge in [-0.2, -0.15) is 0 Å². The normalized spacial score (nSPS) is 12.1. The maximum absolute atomic E-state index is 5.82. The second-order valence-corrected chi connectivity index (χ2v) is 3.92. The van der Waals surface area contributed by atoms with Crippen LogP contribution in [0.2, 0.25) is 0 Å². The molecule has 0 amide bonds. The smallest absolute Gasteiger partial charge is 0.162 e. The molecule has 1 aromatic rings. The number of rotatable bonds is 6. The van der Waals surface area contributed by atoms with E-state index >= 15 is 0 Å². The van der Waals surface area contributed by atoms with Crippen LogP contribution in [0.3, 0.4) is 0 Å². The molecule has 0 aliphatic rings.